The Hall–Kier alpha value is -4.14. The lowest BCUT2D eigenvalue weighted by Crippen LogP contribution is -2.36. The fourth-order valence-corrected chi connectivity index (χ4v) is 5.87. The van der Waals surface area contributed by atoms with Gasteiger partial charge in [0, 0.05) is 17.1 Å². The number of benzene rings is 5. The molecule has 0 unspecified atom stereocenters. The van der Waals surface area contributed by atoms with Crippen LogP contribution >= 0.6 is 0 Å². The number of piperidine rings is 1. The zero-order chi connectivity index (χ0) is 25.6. The minimum atomic E-state index is 0.311. The molecular formula is C36H34N2. The van der Waals surface area contributed by atoms with Gasteiger partial charge in [-0.3, -0.25) is 4.90 Å². The van der Waals surface area contributed by atoms with Crippen LogP contribution in [0.4, 0.5) is 17.1 Å². The van der Waals surface area contributed by atoms with Crippen LogP contribution in [0.2, 0.25) is 0 Å². The van der Waals surface area contributed by atoms with E-state index in [9.17, 15) is 0 Å². The van der Waals surface area contributed by atoms with Crippen LogP contribution < -0.4 is 4.90 Å². The second-order valence-electron chi connectivity index (χ2n) is 10.1. The Kier molecular flexibility index (Phi) is 7.33. The van der Waals surface area contributed by atoms with Crippen molar-refractivity contribution < 1.29 is 0 Å². The second-order valence-corrected chi connectivity index (χ2v) is 10.1. The van der Waals surface area contributed by atoms with E-state index in [1.807, 2.05) is 0 Å². The van der Waals surface area contributed by atoms with Gasteiger partial charge in [0.15, 0.2) is 0 Å². The van der Waals surface area contributed by atoms with Gasteiger partial charge >= 0.3 is 0 Å². The van der Waals surface area contributed by atoms with Crippen molar-refractivity contribution in [1.29, 1.82) is 0 Å². The molecule has 2 heteroatoms. The molecule has 0 N–H and O–H groups in total. The summed E-state index contributed by atoms with van der Waals surface area (Å²) in [4.78, 5) is 5.00. The van der Waals surface area contributed by atoms with Crippen molar-refractivity contribution in [3.8, 4) is 0 Å². The van der Waals surface area contributed by atoms with E-state index in [0.717, 1.165) is 13.1 Å². The summed E-state index contributed by atoms with van der Waals surface area (Å²) in [7, 11) is 0. The quantitative estimate of drug-likeness (QED) is 0.223. The molecule has 1 aliphatic rings. The van der Waals surface area contributed by atoms with Crippen LogP contribution in [0, 0.1) is 0 Å². The molecule has 0 aliphatic carbocycles. The lowest BCUT2D eigenvalue weighted by atomic mass is 9.87. The minimum Gasteiger partial charge on any atom is -0.311 e. The number of rotatable bonds is 7. The van der Waals surface area contributed by atoms with Gasteiger partial charge in [0.1, 0.15) is 0 Å². The highest BCUT2D eigenvalue weighted by molar-refractivity contribution is 5.76. The van der Waals surface area contributed by atoms with Gasteiger partial charge < -0.3 is 4.90 Å². The number of likely N-dealkylation sites (tertiary alicyclic amines) is 1. The fraction of sp³-hybridized carbons (Fsp3) is 0.167. The molecule has 188 valence electrons. The first-order valence-electron chi connectivity index (χ1n) is 13.7. The van der Waals surface area contributed by atoms with E-state index in [4.69, 9.17) is 0 Å². The Balaban J connectivity index is 1.20. The maximum absolute atomic E-state index is 2.67. The number of anilines is 3. The summed E-state index contributed by atoms with van der Waals surface area (Å²) in [5, 5.41) is 0. The molecule has 0 atom stereocenters. The second kappa shape index (κ2) is 11.5. The van der Waals surface area contributed by atoms with Crippen LogP contribution in [0.25, 0.3) is 0 Å². The maximum atomic E-state index is 2.67. The molecule has 0 aromatic heterocycles. The van der Waals surface area contributed by atoms with Crippen LogP contribution in [0.1, 0.15) is 41.5 Å². The average Bonchev–Trinajstić information content (AvgIpc) is 3.00. The van der Waals surface area contributed by atoms with Crippen molar-refractivity contribution in [2.45, 2.75) is 24.8 Å². The zero-order valence-electron chi connectivity index (χ0n) is 21.7. The summed E-state index contributed by atoms with van der Waals surface area (Å²) < 4.78 is 0. The molecule has 0 radical (unpaired) electrons. The molecule has 1 fully saturated rings. The van der Waals surface area contributed by atoms with E-state index in [1.54, 1.807) is 0 Å². The molecule has 0 bridgehead atoms. The number of hydrogen-bond donors (Lipinski definition) is 0. The topological polar surface area (TPSA) is 6.48 Å². The normalized spacial score (nSPS) is 14.4. The van der Waals surface area contributed by atoms with E-state index in [1.165, 1.54) is 46.6 Å². The third-order valence-electron chi connectivity index (χ3n) is 7.78. The van der Waals surface area contributed by atoms with Gasteiger partial charge in [0.05, 0.1) is 6.04 Å². The lowest BCUT2D eigenvalue weighted by Gasteiger charge is -2.38. The van der Waals surface area contributed by atoms with Crippen LogP contribution in [0.15, 0.2) is 146 Å². The van der Waals surface area contributed by atoms with Gasteiger partial charge in [-0.15, -0.1) is 0 Å². The third-order valence-corrected chi connectivity index (χ3v) is 7.78. The van der Waals surface area contributed by atoms with E-state index in [-0.39, 0.29) is 0 Å². The van der Waals surface area contributed by atoms with Crippen molar-refractivity contribution in [1.82, 2.24) is 4.90 Å². The summed E-state index contributed by atoms with van der Waals surface area (Å²) >= 11 is 0. The van der Waals surface area contributed by atoms with E-state index >= 15 is 0 Å². The SMILES string of the molecule is c1ccc(C(c2ccccc2)N2CCC(c3ccc(N(c4ccccc4)c4ccccc4)cc3)CC2)cc1. The molecule has 0 amide bonds. The molecule has 1 saturated heterocycles. The van der Waals surface area contributed by atoms with Crippen molar-refractivity contribution in [3.63, 3.8) is 0 Å². The Labute approximate surface area is 226 Å². The highest BCUT2D eigenvalue weighted by Crippen LogP contribution is 2.38. The predicted octanol–water partition coefficient (Wildman–Crippen LogP) is 9.13. The lowest BCUT2D eigenvalue weighted by molar-refractivity contribution is 0.174. The van der Waals surface area contributed by atoms with Crippen molar-refractivity contribution in [2.75, 3.05) is 18.0 Å². The fourth-order valence-electron chi connectivity index (χ4n) is 5.87. The Morgan fingerprint density at radius 2 is 0.868 bits per heavy atom. The first-order chi connectivity index (χ1) is 18.9. The summed E-state index contributed by atoms with van der Waals surface area (Å²) in [6.07, 6.45) is 2.35. The molecule has 1 aliphatic heterocycles. The Morgan fingerprint density at radius 1 is 0.474 bits per heavy atom. The van der Waals surface area contributed by atoms with Crippen LogP contribution in [-0.2, 0) is 0 Å². The Bertz CT molecular complexity index is 1310. The monoisotopic (exact) mass is 494 g/mol. The van der Waals surface area contributed by atoms with Gasteiger partial charge in [-0.05, 0) is 84.9 Å². The van der Waals surface area contributed by atoms with E-state index < -0.39 is 0 Å². The van der Waals surface area contributed by atoms with Crippen LogP contribution in [-0.4, -0.2) is 18.0 Å². The van der Waals surface area contributed by atoms with Gasteiger partial charge in [-0.1, -0.05) is 109 Å². The van der Waals surface area contributed by atoms with Gasteiger partial charge in [0.25, 0.3) is 0 Å². The molecule has 6 rings (SSSR count). The average molecular weight is 495 g/mol. The summed E-state index contributed by atoms with van der Waals surface area (Å²) in [5.74, 6) is 0.592. The van der Waals surface area contributed by atoms with Gasteiger partial charge in [-0.2, -0.15) is 0 Å². The molecule has 5 aromatic rings. The van der Waals surface area contributed by atoms with E-state index in [2.05, 4.69) is 155 Å². The number of nitrogens with zero attached hydrogens (tertiary/aromatic N) is 2. The molecule has 1 heterocycles. The molecule has 0 saturated carbocycles. The van der Waals surface area contributed by atoms with Crippen molar-refractivity contribution in [3.05, 3.63) is 162 Å². The zero-order valence-corrected chi connectivity index (χ0v) is 21.7. The Morgan fingerprint density at radius 3 is 1.32 bits per heavy atom. The van der Waals surface area contributed by atoms with E-state index in [0.29, 0.717) is 12.0 Å². The molecule has 0 spiro atoms. The summed E-state index contributed by atoms with van der Waals surface area (Å²) in [6.45, 7) is 2.20. The molecule has 38 heavy (non-hydrogen) atoms. The first kappa shape index (κ1) is 24.2. The third kappa shape index (κ3) is 5.27. The first-order valence-corrected chi connectivity index (χ1v) is 13.7. The summed E-state index contributed by atoms with van der Waals surface area (Å²) in [6, 6.07) is 52.8. The summed E-state index contributed by atoms with van der Waals surface area (Å²) in [5.41, 5.74) is 7.74. The standard InChI is InChI=1S/C36H34N2/c1-5-13-31(14-6-1)36(32-15-7-2-8-16-32)37-27-25-30(26-28-37)29-21-23-35(24-22-29)38(33-17-9-3-10-18-33)34-19-11-4-12-20-34/h1-24,30,36H,25-28H2. The number of para-hydroxylation sites is 2. The maximum Gasteiger partial charge on any atom is 0.0601 e. The minimum absolute atomic E-state index is 0.311. The van der Waals surface area contributed by atoms with Crippen molar-refractivity contribution in [2.24, 2.45) is 0 Å². The largest absolute Gasteiger partial charge is 0.311 e. The van der Waals surface area contributed by atoms with Crippen molar-refractivity contribution >= 4 is 17.1 Å². The molecule has 2 nitrogen and oxygen atoms in total. The van der Waals surface area contributed by atoms with Gasteiger partial charge in [0.2, 0.25) is 0 Å². The van der Waals surface area contributed by atoms with Crippen LogP contribution in [0.5, 0.6) is 0 Å². The smallest absolute Gasteiger partial charge is 0.0601 e. The molecular weight excluding hydrogens is 460 g/mol. The highest BCUT2D eigenvalue weighted by atomic mass is 15.2. The van der Waals surface area contributed by atoms with Gasteiger partial charge in [-0.25, -0.2) is 0 Å². The molecule has 5 aromatic carbocycles. The highest BCUT2D eigenvalue weighted by Gasteiger charge is 2.28. The van der Waals surface area contributed by atoms with Crippen LogP contribution in [0.3, 0.4) is 0 Å². The number of hydrogen-bond acceptors (Lipinski definition) is 2. The predicted molar refractivity (Wildman–Crippen MR) is 159 cm³/mol.